The number of benzene rings is 2. The third kappa shape index (κ3) is 4.43. The van der Waals surface area contributed by atoms with Gasteiger partial charge < -0.3 is 10.6 Å². The van der Waals surface area contributed by atoms with Crippen LogP contribution in [0.3, 0.4) is 0 Å². The van der Waals surface area contributed by atoms with Gasteiger partial charge in [0.1, 0.15) is 17.7 Å². The molecule has 0 bridgehead atoms. The summed E-state index contributed by atoms with van der Waals surface area (Å²) in [5.41, 5.74) is 0.750. The number of hydrogen-bond acceptors (Lipinski definition) is 3. The minimum Gasteiger partial charge on any atom is -0.326 e. The highest BCUT2D eigenvalue weighted by Gasteiger charge is 2.37. The van der Waals surface area contributed by atoms with Crippen LogP contribution in [0.4, 0.5) is 29.1 Å². The molecule has 0 radical (unpaired) electrons. The third-order valence-corrected chi connectivity index (χ3v) is 5.55. The monoisotopic (exact) mass is 480 g/mol. The minimum absolute atomic E-state index is 0.0999. The van der Waals surface area contributed by atoms with Crippen LogP contribution < -0.4 is 10.6 Å². The molecule has 172 valence electrons. The molecule has 33 heavy (non-hydrogen) atoms. The summed E-state index contributed by atoms with van der Waals surface area (Å²) in [4.78, 5) is 25.1. The maximum Gasteiger partial charge on any atom is 0.417 e. The Morgan fingerprint density at radius 1 is 1.21 bits per heavy atom. The van der Waals surface area contributed by atoms with E-state index in [0.717, 1.165) is 12.1 Å². The van der Waals surface area contributed by atoms with E-state index in [1.54, 1.807) is 12.1 Å². The number of nitrogens with zero attached hydrogens (tertiary/aromatic N) is 2. The number of alkyl halides is 3. The highest BCUT2D eigenvalue weighted by atomic mass is 35.5. The lowest BCUT2D eigenvalue weighted by molar-refractivity contribution is -0.137. The van der Waals surface area contributed by atoms with Crippen molar-refractivity contribution in [2.75, 3.05) is 10.6 Å². The van der Waals surface area contributed by atoms with Crippen LogP contribution in [0.15, 0.2) is 42.5 Å². The van der Waals surface area contributed by atoms with Gasteiger partial charge in [0.15, 0.2) is 0 Å². The van der Waals surface area contributed by atoms with Gasteiger partial charge in [-0.3, -0.25) is 9.59 Å². The van der Waals surface area contributed by atoms with Crippen LogP contribution in [0.25, 0.3) is 11.1 Å². The quantitative estimate of drug-likeness (QED) is 0.477. The maximum atomic E-state index is 13.3. The minimum atomic E-state index is -4.68. The fraction of sp³-hybridized carbons (Fsp3) is 0.227. The van der Waals surface area contributed by atoms with E-state index in [1.165, 1.54) is 22.9 Å². The first-order valence-corrected chi connectivity index (χ1v) is 10.3. The van der Waals surface area contributed by atoms with Crippen molar-refractivity contribution in [2.45, 2.75) is 32.0 Å². The zero-order valence-electron chi connectivity index (χ0n) is 17.1. The molecule has 1 aliphatic rings. The molecule has 1 unspecified atom stereocenters. The van der Waals surface area contributed by atoms with Crippen molar-refractivity contribution in [1.29, 1.82) is 0 Å². The van der Waals surface area contributed by atoms with Gasteiger partial charge in [-0.05, 0) is 42.3 Å². The van der Waals surface area contributed by atoms with Crippen molar-refractivity contribution in [2.24, 2.45) is 0 Å². The number of aryl methyl sites for hydroxylation is 1. The van der Waals surface area contributed by atoms with E-state index < -0.39 is 40.4 Å². The number of amides is 2. The fourth-order valence-electron chi connectivity index (χ4n) is 3.69. The Bertz CT molecular complexity index is 1240. The highest BCUT2D eigenvalue weighted by Crippen LogP contribution is 2.39. The van der Waals surface area contributed by atoms with Crippen LogP contribution in [-0.4, -0.2) is 21.6 Å². The summed E-state index contributed by atoms with van der Waals surface area (Å²) >= 11 is 5.60. The zero-order chi connectivity index (χ0) is 23.9. The molecule has 2 amide bonds. The van der Waals surface area contributed by atoms with Gasteiger partial charge in [0.2, 0.25) is 5.91 Å². The first-order valence-electron chi connectivity index (χ1n) is 9.93. The number of anilines is 2. The second kappa shape index (κ2) is 8.51. The van der Waals surface area contributed by atoms with Gasteiger partial charge in [-0.15, -0.1) is 0 Å². The van der Waals surface area contributed by atoms with Gasteiger partial charge in [0.25, 0.3) is 5.91 Å². The Balaban J connectivity index is 1.58. The van der Waals surface area contributed by atoms with E-state index >= 15 is 0 Å². The molecule has 0 saturated carbocycles. The van der Waals surface area contributed by atoms with E-state index in [4.69, 9.17) is 11.6 Å². The maximum absolute atomic E-state index is 13.3. The van der Waals surface area contributed by atoms with Crippen LogP contribution in [0, 0.1) is 5.82 Å². The Labute approximate surface area is 190 Å². The number of carbonyl (C=O) groups is 2. The number of rotatable bonds is 5. The molecule has 1 atom stereocenters. The summed E-state index contributed by atoms with van der Waals surface area (Å²) in [5, 5.41) is 9.05. The molecule has 0 fully saturated rings. The number of nitrogens with one attached hydrogen (secondary N) is 2. The first-order chi connectivity index (χ1) is 15.6. The number of hydrogen-bond donors (Lipinski definition) is 2. The molecule has 3 aromatic rings. The van der Waals surface area contributed by atoms with Crippen LogP contribution in [0.5, 0.6) is 0 Å². The number of halogens is 5. The van der Waals surface area contributed by atoms with Gasteiger partial charge in [-0.2, -0.15) is 18.3 Å². The van der Waals surface area contributed by atoms with Crippen molar-refractivity contribution in [3.05, 3.63) is 64.6 Å². The van der Waals surface area contributed by atoms with E-state index in [1.807, 2.05) is 6.92 Å². The smallest absolute Gasteiger partial charge is 0.326 e. The molecule has 4 rings (SSSR count). The summed E-state index contributed by atoms with van der Waals surface area (Å²) in [6, 6.07) is 7.74. The van der Waals surface area contributed by atoms with Crippen molar-refractivity contribution < 1.29 is 27.2 Å². The zero-order valence-corrected chi connectivity index (χ0v) is 17.9. The lowest BCUT2D eigenvalue weighted by atomic mass is 10.0. The molecule has 2 heterocycles. The van der Waals surface area contributed by atoms with Gasteiger partial charge in [-0.25, -0.2) is 9.07 Å². The van der Waals surface area contributed by atoms with E-state index in [9.17, 15) is 27.2 Å². The molecular weight excluding hydrogens is 464 g/mol. The summed E-state index contributed by atoms with van der Waals surface area (Å²) in [7, 11) is 0. The fourth-order valence-corrected chi connectivity index (χ4v) is 3.92. The van der Waals surface area contributed by atoms with Crippen LogP contribution >= 0.6 is 11.6 Å². The van der Waals surface area contributed by atoms with E-state index in [0.29, 0.717) is 29.1 Å². The second-order valence-electron chi connectivity index (χ2n) is 7.43. The van der Waals surface area contributed by atoms with Crippen molar-refractivity contribution >= 4 is 34.9 Å². The van der Waals surface area contributed by atoms with Gasteiger partial charge in [0.05, 0.1) is 22.7 Å². The molecule has 11 heteroatoms. The SMILES string of the molecule is CCc1nn2c(c1-c1ccc(F)cc1)NC(=O)C2CC(=O)Nc1ccc(Cl)c(C(F)(F)F)c1. The largest absolute Gasteiger partial charge is 0.417 e. The topological polar surface area (TPSA) is 76.0 Å². The number of fused-ring (bicyclic) bond motifs is 1. The lowest BCUT2D eigenvalue weighted by Gasteiger charge is -2.13. The predicted molar refractivity (Wildman–Crippen MR) is 114 cm³/mol. The number of aromatic nitrogens is 2. The average molecular weight is 481 g/mol. The van der Waals surface area contributed by atoms with Gasteiger partial charge >= 0.3 is 6.18 Å². The van der Waals surface area contributed by atoms with Gasteiger partial charge in [-0.1, -0.05) is 30.7 Å². The first kappa shape index (κ1) is 22.8. The lowest BCUT2D eigenvalue weighted by Crippen LogP contribution is -2.24. The third-order valence-electron chi connectivity index (χ3n) is 5.22. The predicted octanol–water partition coefficient (Wildman–Crippen LogP) is 5.45. The summed E-state index contributed by atoms with van der Waals surface area (Å²) < 4.78 is 53.9. The average Bonchev–Trinajstić information content (AvgIpc) is 3.24. The van der Waals surface area contributed by atoms with Crippen molar-refractivity contribution in [1.82, 2.24) is 9.78 Å². The molecular formula is C22H17ClF4N4O2. The van der Waals surface area contributed by atoms with Crippen molar-refractivity contribution in [3.63, 3.8) is 0 Å². The molecule has 1 aromatic heterocycles. The summed E-state index contributed by atoms with van der Waals surface area (Å²) in [6.45, 7) is 1.87. The number of carbonyl (C=O) groups excluding carboxylic acids is 2. The Kier molecular flexibility index (Phi) is 5.87. The Hall–Kier alpha value is -3.40. The second-order valence-corrected chi connectivity index (χ2v) is 7.83. The standard InChI is InChI=1S/C22H17ClF4N4O2/c1-2-16-19(11-3-5-12(24)6-4-11)20-29-21(33)17(31(20)30-16)10-18(32)28-13-7-8-15(23)14(9-13)22(25,26)27/h3-9,17H,2,10H2,1H3,(H,28,32)(H,29,33). The molecule has 6 nitrogen and oxygen atoms in total. The van der Waals surface area contributed by atoms with E-state index in [-0.39, 0.29) is 12.1 Å². The molecule has 2 aromatic carbocycles. The Morgan fingerprint density at radius 3 is 2.55 bits per heavy atom. The van der Waals surface area contributed by atoms with E-state index in [2.05, 4.69) is 15.7 Å². The molecule has 0 aliphatic carbocycles. The molecule has 2 N–H and O–H groups in total. The van der Waals surface area contributed by atoms with Crippen LogP contribution in [-0.2, 0) is 22.2 Å². The van der Waals surface area contributed by atoms with Crippen molar-refractivity contribution in [3.8, 4) is 11.1 Å². The molecule has 0 spiro atoms. The molecule has 1 aliphatic heterocycles. The highest BCUT2D eigenvalue weighted by molar-refractivity contribution is 6.31. The normalized spacial score (nSPS) is 15.3. The summed E-state index contributed by atoms with van der Waals surface area (Å²) in [6.07, 6.45) is -4.51. The van der Waals surface area contributed by atoms with Crippen LogP contribution in [0.2, 0.25) is 5.02 Å². The van der Waals surface area contributed by atoms with Crippen LogP contribution in [0.1, 0.15) is 30.6 Å². The Morgan fingerprint density at radius 2 is 1.91 bits per heavy atom. The molecule has 0 saturated heterocycles. The van der Waals surface area contributed by atoms with Gasteiger partial charge in [0, 0.05) is 11.3 Å². The summed E-state index contributed by atoms with van der Waals surface area (Å²) in [5.74, 6) is -1.18.